The number of carbonyl (C=O) groups excluding carboxylic acids is 1. The molecular weight excluding hydrogens is 212 g/mol. The molecule has 1 aliphatic heterocycles. The summed E-state index contributed by atoms with van der Waals surface area (Å²) in [6, 6.07) is 1.23. The van der Waals surface area contributed by atoms with Gasteiger partial charge in [0, 0.05) is 31.2 Å². The maximum absolute atomic E-state index is 11.8. The van der Waals surface area contributed by atoms with Gasteiger partial charge in [0.1, 0.15) is 0 Å². The third kappa shape index (κ3) is 2.89. The lowest BCUT2D eigenvalue weighted by molar-refractivity contribution is -0.134. The minimum atomic E-state index is 0.0616. The van der Waals surface area contributed by atoms with Crippen molar-refractivity contribution in [3.8, 4) is 0 Å². The fraction of sp³-hybridized carbons (Fsp3) is 0.786. The number of piperazine rings is 1. The van der Waals surface area contributed by atoms with Crippen LogP contribution in [0.4, 0.5) is 0 Å². The first-order valence-electron chi connectivity index (χ1n) is 6.59. The van der Waals surface area contributed by atoms with Gasteiger partial charge >= 0.3 is 0 Å². The lowest BCUT2D eigenvalue weighted by Gasteiger charge is -2.49. The Bertz CT molecular complexity index is 286. The van der Waals surface area contributed by atoms with E-state index in [2.05, 4.69) is 46.1 Å². The second kappa shape index (κ2) is 5.67. The first-order chi connectivity index (χ1) is 7.90. The van der Waals surface area contributed by atoms with Crippen molar-refractivity contribution in [2.45, 2.75) is 52.7 Å². The Morgan fingerprint density at radius 1 is 1.29 bits per heavy atom. The normalized spacial score (nSPS) is 26.6. The fourth-order valence-electron chi connectivity index (χ4n) is 3.01. The van der Waals surface area contributed by atoms with Gasteiger partial charge in [-0.3, -0.25) is 9.69 Å². The molecule has 0 aromatic heterocycles. The molecule has 0 radical (unpaired) electrons. The Balaban J connectivity index is 2.90. The summed E-state index contributed by atoms with van der Waals surface area (Å²) in [6.45, 7) is 16.4. The fourth-order valence-corrected chi connectivity index (χ4v) is 3.01. The van der Waals surface area contributed by atoms with Gasteiger partial charge in [-0.05, 0) is 32.8 Å². The molecule has 3 heteroatoms. The van der Waals surface area contributed by atoms with E-state index in [1.54, 1.807) is 0 Å². The van der Waals surface area contributed by atoms with Gasteiger partial charge in [0.15, 0.2) is 0 Å². The number of hydrogen-bond acceptors (Lipinski definition) is 2. The molecular formula is C14H26N2O. The van der Waals surface area contributed by atoms with E-state index in [0.717, 1.165) is 13.1 Å². The Morgan fingerprint density at radius 3 is 2.29 bits per heavy atom. The Hall–Kier alpha value is -0.830. The van der Waals surface area contributed by atoms with Crippen LogP contribution in [0.25, 0.3) is 0 Å². The highest BCUT2D eigenvalue weighted by molar-refractivity contribution is 5.87. The molecule has 0 N–H and O–H groups in total. The maximum Gasteiger partial charge on any atom is 0.246 e. The van der Waals surface area contributed by atoms with E-state index in [1.165, 1.54) is 6.08 Å². The lowest BCUT2D eigenvalue weighted by Crippen LogP contribution is -2.62. The quantitative estimate of drug-likeness (QED) is 0.703. The van der Waals surface area contributed by atoms with Crippen LogP contribution in [-0.2, 0) is 4.79 Å². The minimum absolute atomic E-state index is 0.0616. The first kappa shape index (κ1) is 14.2. The maximum atomic E-state index is 11.8. The number of carbonyl (C=O) groups is 1. The SMILES string of the molecule is C=CC(=O)N1CCN(C(C)C)C(C(C)C)C1C. The van der Waals surface area contributed by atoms with Crippen molar-refractivity contribution >= 4 is 5.91 Å². The molecule has 17 heavy (non-hydrogen) atoms. The van der Waals surface area contributed by atoms with Crippen LogP contribution in [0.2, 0.25) is 0 Å². The summed E-state index contributed by atoms with van der Waals surface area (Å²) in [5.74, 6) is 0.611. The third-order valence-electron chi connectivity index (χ3n) is 3.77. The third-order valence-corrected chi connectivity index (χ3v) is 3.77. The zero-order valence-electron chi connectivity index (χ0n) is 11.8. The number of amides is 1. The Kier molecular flexibility index (Phi) is 4.75. The van der Waals surface area contributed by atoms with Gasteiger partial charge in [-0.15, -0.1) is 0 Å². The monoisotopic (exact) mass is 238 g/mol. The van der Waals surface area contributed by atoms with E-state index in [0.29, 0.717) is 18.0 Å². The molecule has 98 valence electrons. The molecule has 1 aliphatic rings. The summed E-state index contributed by atoms with van der Waals surface area (Å²) >= 11 is 0. The van der Waals surface area contributed by atoms with Crippen LogP contribution < -0.4 is 0 Å². The van der Waals surface area contributed by atoms with Crippen molar-refractivity contribution in [1.29, 1.82) is 0 Å². The van der Waals surface area contributed by atoms with Crippen LogP contribution in [-0.4, -0.2) is 46.9 Å². The smallest absolute Gasteiger partial charge is 0.246 e. The van der Waals surface area contributed by atoms with Crippen molar-refractivity contribution in [2.75, 3.05) is 13.1 Å². The van der Waals surface area contributed by atoms with Crippen molar-refractivity contribution in [3.05, 3.63) is 12.7 Å². The van der Waals surface area contributed by atoms with Crippen LogP contribution in [0.5, 0.6) is 0 Å². The van der Waals surface area contributed by atoms with Gasteiger partial charge < -0.3 is 4.90 Å². The van der Waals surface area contributed by atoms with Gasteiger partial charge in [-0.1, -0.05) is 20.4 Å². The molecule has 0 aliphatic carbocycles. The molecule has 0 aromatic rings. The van der Waals surface area contributed by atoms with Crippen LogP contribution in [0.15, 0.2) is 12.7 Å². The molecule has 1 heterocycles. The summed E-state index contributed by atoms with van der Waals surface area (Å²) in [5, 5.41) is 0. The zero-order chi connectivity index (χ0) is 13.2. The van der Waals surface area contributed by atoms with Crippen LogP contribution in [0.3, 0.4) is 0 Å². The molecule has 1 fully saturated rings. The molecule has 0 spiro atoms. The summed E-state index contributed by atoms with van der Waals surface area (Å²) in [6.07, 6.45) is 1.43. The van der Waals surface area contributed by atoms with Crippen molar-refractivity contribution in [1.82, 2.24) is 9.80 Å². The second-order valence-electron chi connectivity index (χ2n) is 5.54. The molecule has 0 saturated carbocycles. The highest BCUT2D eigenvalue weighted by Gasteiger charge is 2.37. The van der Waals surface area contributed by atoms with Gasteiger partial charge in [0.25, 0.3) is 0 Å². The van der Waals surface area contributed by atoms with Crippen LogP contribution in [0.1, 0.15) is 34.6 Å². The molecule has 2 atom stereocenters. The summed E-state index contributed by atoms with van der Waals surface area (Å²) in [5.41, 5.74) is 0. The number of rotatable bonds is 3. The van der Waals surface area contributed by atoms with Crippen molar-refractivity contribution in [3.63, 3.8) is 0 Å². The summed E-state index contributed by atoms with van der Waals surface area (Å²) in [7, 11) is 0. The molecule has 0 bridgehead atoms. The Morgan fingerprint density at radius 2 is 1.88 bits per heavy atom. The van der Waals surface area contributed by atoms with Crippen molar-refractivity contribution < 1.29 is 4.79 Å². The molecule has 3 nitrogen and oxygen atoms in total. The summed E-state index contributed by atoms with van der Waals surface area (Å²) in [4.78, 5) is 16.3. The first-order valence-corrected chi connectivity index (χ1v) is 6.59. The molecule has 1 saturated heterocycles. The number of hydrogen-bond donors (Lipinski definition) is 0. The van der Waals surface area contributed by atoms with Gasteiger partial charge in [0.05, 0.1) is 0 Å². The van der Waals surface area contributed by atoms with E-state index < -0.39 is 0 Å². The Labute approximate surface area is 105 Å². The van der Waals surface area contributed by atoms with E-state index in [9.17, 15) is 4.79 Å². The molecule has 2 unspecified atom stereocenters. The molecule has 1 amide bonds. The predicted molar refractivity (Wildman–Crippen MR) is 71.8 cm³/mol. The standard InChI is InChI=1S/C14H26N2O/c1-7-13(17)16-9-8-15(11(4)5)14(10(2)3)12(16)6/h7,10-12,14H,1,8-9H2,2-6H3. The largest absolute Gasteiger partial charge is 0.334 e. The minimum Gasteiger partial charge on any atom is -0.334 e. The number of nitrogens with zero attached hydrogens (tertiary/aromatic N) is 2. The van der Waals surface area contributed by atoms with E-state index >= 15 is 0 Å². The molecule has 1 rings (SSSR count). The second-order valence-corrected chi connectivity index (χ2v) is 5.54. The molecule has 0 aromatic carbocycles. The zero-order valence-corrected chi connectivity index (χ0v) is 11.8. The lowest BCUT2D eigenvalue weighted by atomic mass is 9.91. The van der Waals surface area contributed by atoms with E-state index in [-0.39, 0.29) is 11.9 Å². The highest BCUT2D eigenvalue weighted by Crippen LogP contribution is 2.25. The highest BCUT2D eigenvalue weighted by atomic mass is 16.2. The summed E-state index contributed by atoms with van der Waals surface area (Å²) < 4.78 is 0. The van der Waals surface area contributed by atoms with Crippen LogP contribution in [0, 0.1) is 5.92 Å². The van der Waals surface area contributed by atoms with Gasteiger partial charge in [0.2, 0.25) is 5.91 Å². The average Bonchev–Trinajstić information content (AvgIpc) is 2.26. The average molecular weight is 238 g/mol. The van der Waals surface area contributed by atoms with Gasteiger partial charge in [-0.25, -0.2) is 0 Å². The van der Waals surface area contributed by atoms with E-state index in [4.69, 9.17) is 0 Å². The predicted octanol–water partition coefficient (Wildman–Crippen LogP) is 2.14. The van der Waals surface area contributed by atoms with Crippen molar-refractivity contribution in [2.24, 2.45) is 5.92 Å². The van der Waals surface area contributed by atoms with Crippen LogP contribution >= 0.6 is 0 Å². The van der Waals surface area contributed by atoms with E-state index in [1.807, 2.05) is 4.90 Å². The topological polar surface area (TPSA) is 23.6 Å². The van der Waals surface area contributed by atoms with Gasteiger partial charge in [-0.2, -0.15) is 0 Å².